The number of aryl methyl sites for hydroxylation is 1. The molecule has 0 aliphatic rings. The maximum Gasteiger partial charge on any atom is 0.0745 e. The average Bonchev–Trinajstić information content (AvgIpc) is 2.08. The minimum atomic E-state index is -0.385. The van der Waals surface area contributed by atoms with Crippen LogP contribution in [0.3, 0.4) is 0 Å². The summed E-state index contributed by atoms with van der Waals surface area (Å²) >= 11 is 0. The minimum Gasteiger partial charge on any atom is -0.391 e. The highest BCUT2D eigenvalue weighted by molar-refractivity contribution is 5.24. The van der Waals surface area contributed by atoms with Crippen LogP contribution in [0.2, 0.25) is 0 Å². The first-order valence-electron chi connectivity index (χ1n) is 4.50. The summed E-state index contributed by atoms with van der Waals surface area (Å²) in [6.45, 7) is 4.75. The highest BCUT2D eigenvalue weighted by Crippen LogP contribution is 2.08. The van der Waals surface area contributed by atoms with Crippen LogP contribution in [0.1, 0.15) is 18.1 Å². The highest BCUT2D eigenvalue weighted by Gasteiger charge is 1.98. The Labute approximate surface area is 79.2 Å². The Bertz CT molecular complexity index is 256. The van der Waals surface area contributed by atoms with Crippen molar-refractivity contribution in [2.24, 2.45) is 0 Å². The van der Waals surface area contributed by atoms with Crippen LogP contribution < -0.4 is 0 Å². The average molecular weight is 180 g/mol. The van der Waals surface area contributed by atoms with E-state index in [0.29, 0.717) is 13.2 Å². The molecule has 0 aliphatic carbocycles. The molecule has 72 valence electrons. The van der Waals surface area contributed by atoms with Gasteiger partial charge in [0, 0.05) is 0 Å². The van der Waals surface area contributed by atoms with Gasteiger partial charge in [0.15, 0.2) is 0 Å². The van der Waals surface area contributed by atoms with Crippen LogP contribution >= 0.6 is 0 Å². The molecule has 0 heterocycles. The summed E-state index contributed by atoms with van der Waals surface area (Å²) in [4.78, 5) is 0. The lowest BCUT2D eigenvalue weighted by Gasteiger charge is -2.08. The second-order valence-corrected chi connectivity index (χ2v) is 3.29. The maximum absolute atomic E-state index is 8.97. The molecule has 0 radical (unpaired) electrons. The van der Waals surface area contributed by atoms with Gasteiger partial charge in [-0.1, -0.05) is 24.3 Å². The molecule has 0 aromatic heterocycles. The van der Waals surface area contributed by atoms with Crippen LogP contribution in [0.4, 0.5) is 0 Å². The number of aliphatic hydroxyl groups excluding tert-OH is 1. The van der Waals surface area contributed by atoms with E-state index in [9.17, 15) is 0 Å². The van der Waals surface area contributed by atoms with Gasteiger partial charge in [0.25, 0.3) is 0 Å². The third-order valence-corrected chi connectivity index (χ3v) is 1.88. The number of rotatable bonds is 4. The number of hydrogen-bond acceptors (Lipinski definition) is 2. The molecule has 1 unspecified atom stereocenters. The van der Waals surface area contributed by atoms with E-state index in [1.807, 2.05) is 18.2 Å². The SMILES string of the molecule is Cc1ccccc1COCC(C)O. The van der Waals surface area contributed by atoms with Gasteiger partial charge in [0.2, 0.25) is 0 Å². The molecule has 0 bridgehead atoms. The van der Waals surface area contributed by atoms with Gasteiger partial charge in [0.1, 0.15) is 0 Å². The topological polar surface area (TPSA) is 29.5 Å². The molecule has 0 aliphatic heterocycles. The Morgan fingerprint density at radius 3 is 2.69 bits per heavy atom. The molecule has 1 aromatic carbocycles. The van der Waals surface area contributed by atoms with Crippen LogP contribution in [0, 0.1) is 6.92 Å². The lowest BCUT2D eigenvalue weighted by Crippen LogP contribution is -2.10. The Balaban J connectivity index is 2.41. The predicted molar refractivity (Wildman–Crippen MR) is 52.5 cm³/mol. The maximum atomic E-state index is 8.97. The molecule has 0 saturated heterocycles. The summed E-state index contributed by atoms with van der Waals surface area (Å²) in [5, 5.41) is 8.97. The summed E-state index contributed by atoms with van der Waals surface area (Å²) in [6, 6.07) is 8.10. The van der Waals surface area contributed by atoms with Gasteiger partial charge in [0.05, 0.1) is 19.3 Å². The van der Waals surface area contributed by atoms with Crippen LogP contribution in [0.25, 0.3) is 0 Å². The first kappa shape index (κ1) is 10.2. The predicted octanol–water partition coefficient (Wildman–Crippen LogP) is 1.89. The normalized spacial score (nSPS) is 12.8. The Morgan fingerprint density at radius 2 is 2.08 bits per heavy atom. The van der Waals surface area contributed by atoms with Crippen molar-refractivity contribution in [3.8, 4) is 0 Å². The molecule has 13 heavy (non-hydrogen) atoms. The summed E-state index contributed by atoms with van der Waals surface area (Å²) in [5.74, 6) is 0. The number of aliphatic hydroxyl groups is 1. The van der Waals surface area contributed by atoms with Crippen LogP contribution in [0.5, 0.6) is 0 Å². The highest BCUT2D eigenvalue weighted by atomic mass is 16.5. The van der Waals surface area contributed by atoms with Gasteiger partial charge in [-0.15, -0.1) is 0 Å². The molecule has 0 saturated carbocycles. The molecular weight excluding hydrogens is 164 g/mol. The second-order valence-electron chi connectivity index (χ2n) is 3.29. The summed E-state index contributed by atoms with van der Waals surface area (Å²) in [5.41, 5.74) is 2.41. The molecule has 0 amide bonds. The number of ether oxygens (including phenoxy) is 1. The van der Waals surface area contributed by atoms with Crippen LogP contribution in [0.15, 0.2) is 24.3 Å². The molecule has 1 atom stereocenters. The first-order chi connectivity index (χ1) is 6.20. The zero-order valence-electron chi connectivity index (χ0n) is 8.16. The largest absolute Gasteiger partial charge is 0.391 e. The molecular formula is C11H16O2. The van der Waals surface area contributed by atoms with E-state index in [4.69, 9.17) is 9.84 Å². The van der Waals surface area contributed by atoms with Crippen LogP contribution in [-0.2, 0) is 11.3 Å². The van der Waals surface area contributed by atoms with E-state index < -0.39 is 0 Å². The van der Waals surface area contributed by atoms with Gasteiger partial charge in [-0.2, -0.15) is 0 Å². The standard InChI is InChI=1S/C11H16O2/c1-9-5-3-4-6-11(9)8-13-7-10(2)12/h3-6,10,12H,7-8H2,1-2H3. The van der Waals surface area contributed by atoms with Crippen molar-refractivity contribution in [2.75, 3.05) is 6.61 Å². The Morgan fingerprint density at radius 1 is 1.38 bits per heavy atom. The second kappa shape index (κ2) is 5.00. The lowest BCUT2D eigenvalue weighted by molar-refractivity contribution is 0.0374. The smallest absolute Gasteiger partial charge is 0.0745 e. The molecule has 1 rings (SSSR count). The fraction of sp³-hybridized carbons (Fsp3) is 0.455. The van der Waals surface area contributed by atoms with Crippen molar-refractivity contribution in [1.82, 2.24) is 0 Å². The van der Waals surface area contributed by atoms with Crippen molar-refractivity contribution in [3.05, 3.63) is 35.4 Å². The lowest BCUT2D eigenvalue weighted by atomic mass is 10.1. The molecule has 1 aromatic rings. The summed E-state index contributed by atoms with van der Waals surface area (Å²) in [7, 11) is 0. The van der Waals surface area contributed by atoms with E-state index >= 15 is 0 Å². The van der Waals surface area contributed by atoms with Crippen molar-refractivity contribution in [3.63, 3.8) is 0 Å². The van der Waals surface area contributed by atoms with Crippen molar-refractivity contribution < 1.29 is 9.84 Å². The van der Waals surface area contributed by atoms with Crippen LogP contribution in [-0.4, -0.2) is 17.8 Å². The number of hydrogen-bond donors (Lipinski definition) is 1. The quantitative estimate of drug-likeness (QED) is 0.766. The van der Waals surface area contributed by atoms with Gasteiger partial charge in [-0.05, 0) is 25.0 Å². The first-order valence-corrected chi connectivity index (χ1v) is 4.50. The Kier molecular flexibility index (Phi) is 3.93. The van der Waals surface area contributed by atoms with Gasteiger partial charge in [-0.3, -0.25) is 0 Å². The third-order valence-electron chi connectivity index (χ3n) is 1.88. The van der Waals surface area contributed by atoms with Crippen molar-refractivity contribution in [1.29, 1.82) is 0 Å². The third kappa shape index (κ3) is 3.57. The van der Waals surface area contributed by atoms with Gasteiger partial charge < -0.3 is 9.84 Å². The summed E-state index contributed by atoms with van der Waals surface area (Å²) < 4.78 is 5.31. The monoisotopic (exact) mass is 180 g/mol. The zero-order valence-corrected chi connectivity index (χ0v) is 8.16. The molecule has 0 spiro atoms. The zero-order chi connectivity index (χ0) is 9.68. The van der Waals surface area contributed by atoms with Gasteiger partial charge in [-0.25, -0.2) is 0 Å². The molecule has 0 fully saturated rings. The van der Waals surface area contributed by atoms with E-state index in [1.54, 1.807) is 6.92 Å². The molecule has 2 heteroatoms. The van der Waals surface area contributed by atoms with E-state index in [-0.39, 0.29) is 6.10 Å². The molecule has 2 nitrogen and oxygen atoms in total. The summed E-state index contributed by atoms with van der Waals surface area (Å²) in [6.07, 6.45) is -0.385. The van der Waals surface area contributed by atoms with E-state index in [2.05, 4.69) is 13.0 Å². The van der Waals surface area contributed by atoms with Gasteiger partial charge >= 0.3 is 0 Å². The fourth-order valence-corrected chi connectivity index (χ4v) is 1.11. The number of benzene rings is 1. The fourth-order valence-electron chi connectivity index (χ4n) is 1.11. The van der Waals surface area contributed by atoms with E-state index in [1.165, 1.54) is 11.1 Å². The minimum absolute atomic E-state index is 0.385. The Hall–Kier alpha value is -0.860. The molecule has 1 N–H and O–H groups in total. The van der Waals surface area contributed by atoms with Crippen molar-refractivity contribution in [2.45, 2.75) is 26.6 Å². The van der Waals surface area contributed by atoms with E-state index in [0.717, 1.165) is 0 Å². The van der Waals surface area contributed by atoms with Crippen molar-refractivity contribution >= 4 is 0 Å².